The molecule has 0 saturated heterocycles. The maximum absolute atomic E-state index is 11.0. The molecule has 2 rings (SSSR count). The third kappa shape index (κ3) is 2.38. The van der Waals surface area contributed by atoms with E-state index in [2.05, 4.69) is 32.7 Å². The zero-order valence-corrected chi connectivity index (χ0v) is 12.1. The Bertz CT molecular complexity index is 593. The molecule has 1 aromatic carbocycles. The number of carbonyl (C=O) groups is 1. The maximum atomic E-state index is 11.0. The highest BCUT2D eigenvalue weighted by Gasteiger charge is 2.19. The predicted molar refractivity (Wildman–Crippen MR) is 75.1 cm³/mol. The summed E-state index contributed by atoms with van der Waals surface area (Å²) in [6.07, 6.45) is 0. The summed E-state index contributed by atoms with van der Waals surface area (Å²) in [7, 11) is 0. The van der Waals surface area contributed by atoms with E-state index in [1.165, 1.54) is 0 Å². The Kier molecular flexibility index (Phi) is 3.65. The normalized spacial score (nSPS) is 10.9. The third-order valence-corrected chi connectivity index (χ3v) is 3.33. The van der Waals surface area contributed by atoms with E-state index in [4.69, 9.17) is 5.11 Å². The van der Waals surface area contributed by atoms with Crippen LogP contribution in [-0.2, 0) is 0 Å². The van der Waals surface area contributed by atoms with Crippen LogP contribution in [0.4, 0.5) is 0 Å². The van der Waals surface area contributed by atoms with E-state index in [1.54, 1.807) is 4.68 Å². The van der Waals surface area contributed by atoms with Crippen LogP contribution in [0, 0.1) is 3.57 Å². The molecule has 1 N–H and O–H groups in total. The smallest absolute Gasteiger partial charge is 0.375 e. The monoisotopic (exact) mass is 357 g/mol. The summed E-state index contributed by atoms with van der Waals surface area (Å²) in [5, 5.41) is 13.0. The summed E-state index contributed by atoms with van der Waals surface area (Å²) < 4.78 is 2.61. The van der Waals surface area contributed by atoms with Gasteiger partial charge < -0.3 is 5.11 Å². The van der Waals surface area contributed by atoms with Crippen molar-refractivity contribution in [1.29, 1.82) is 0 Å². The number of aromatic nitrogens is 3. The van der Waals surface area contributed by atoms with E-state index in [0.29, 0.717) is 5.82 Å². The van der Waals surface area contributed by atoms with Crippen molar-refractivity contribution in [2.24, 2.45) is 0 Å². The molecule has 18 heavy (non-hydrogen) atoms. The first-order valence-corrected chi connectivity index (χ1v) is 6.53. The number of halogens is 1. The van der Waals surface area contributed by atoms with Crippen molar-refractivity contribution in [3.8, 4) is 5.69 Å². The van der Waals surface area contributed by atoms with Crippen LogP contribution < -0.4 is 0 Å². The lowest BCUT2D eigenvalue weighted by Gasteiger charge is -2.09. The molecule has 0 atom stereocenters. The molecular formula is C12H12IN3O2. The molecule has 0 unspecified atom stereocenters. The molecule has 1 heterocycles. The van der Waals surface area contributed by atoms with Crippen LogP contribution in [0.5, 0.6) is 0 Å². The SMILES string of the molecule is CC(C)c1nc(C(=O)O)nn1-c1ccccc1I. The van der Waals surface area contributed by atoms with E-state index < -0.39 is 5.97 Å². The van der Waals surface area contributed by atoms with Gasteiger partial charge in [0.2, 0.25) is 0 Å². The Labute approximate surface area is 118 Å². The molecule has 0 radical (unpaired) electrons. The number of benzene rings is 1. The Morgan fingerprint density at radius 2 is 2.06 bits per heavy atom. The quantitative estimate of drug-likeness (QED) is 0.858. The standard InChI is InChI=1S/C12H12IN3O2/c1-7(2)11-14-10(12(17)18)15-16(11)9-6-4-3-5-8(9)13/h3-7H,1-2H3,(H,17,18). The van der Waals surface area contributed by atoms with Gasteiger partial charge in [-0.05, 0) is 34.7 Å². The molecule has 0 aliphatic heterocycles. The lowest BCUT2D eigenvalue weighted by Crippen LogP contribution is -2.06. The summed E-state index contributed by atoms with van der Waals surface area (Å²) in [5.41, 5.74) is 0.849. The highest BCUT2D eigenvalue weighted by atomic mass is 127. The van der Waals surface area contributed by atoms with Crippen LogP contribution in [0.2, 0.25) is 0 Å². The predicted octanol–water partition coefficient (Wildman–Crippen LogP) is 2.69. The molecule has 0 saturated carbocycles. The van der Waals surface area contributed by atoms with Gasteiger partial charge in [-0.15, -0.1) is 5.10 Å². The van der Waals surface area contributed by atoms with Crippen LogP contribution >= 0.6 is 22.6 Å². The summed E-state index contributed by atoms with van der Waals surface area (Å²) in [5.74, 6) is -0.530. The van der Waals surface area contributed by atoms with Crippen molar-refractivity contribution in [3.63, 3.8) is 0 Å². The van der Waals surface area contributed by atoms with Gasteiger partial charge in [-0.2, -0.15) is 0 Å². The molecule has 94 valence electrons. The van der Waals surface area contributed by atoms with Gasteiger partial charge in [0.1, 0.15) is 5.82 Å². The molecule has 1 aromatic heterocycles. The molecule has 2 aromatic rings. The highest BCUT2D eigenvalue weighted by molar-refractivity contribution is 14.1. The lowest BCUT2D eigenvalue weighted by molar-refractivity contribution is 0.0683. The summed E-state index contributed by atoms with van der Waals surface area (Å²) >= 11 is 2.19. The summed E-state index contributed by atoms with van der Waals surface area (Å²) in [6, 6.07) is 7.66. The second kappa shape index (κ2) is 5.05. The molecule has 0 fully saturated rings. The zero-order chi connectivity index (χ0) is 13.3. The Balaban J connectivity index is 2.63. The van der Waals surface area contributed by atoms with Gasteiger partial charge in [-0.25, -0.2) is 14.5 Å². The number of hydrogen-bond acceptors (Lipinski definition) is 3. The van der Waals surface area contributed by atoms with Crippen LogP contribution in [0.3, 0.4) is 0 Å². The van der Waals surface area contributed by atoms with E-state index in [1.807, 2.05) is 38.1 Å². The number of aromatic carboxylic acids is 1. The molecule has 0 spiro atoms. The molecule has 0 aliphatic carbocycles. The van der Waals surface area contributed by atoms with Gasteiger partial charge in [0.05, 0.1) is 5.69 Å². The van der Waals surface area contributed by atoms with Crippen molar-refractivity contribution in [2.75, 3.05) is 0 Å². The van der Waals surface area contributed by atoms with Crippen LogP contribution in [-0.4, -0.2) is 25.8 Å². The van der Waals surface area contributed by atoms with Crippen molar-refractivity contribution >= 4 is 28.6 Å². The van der Waals surface area contributed by atoms with Crippen molar-refractivity contribution in [2.45, 2.75) is 19.8 Å². The number of carboxylic acid groups (broad SMARTS) is 1. The molecule has 0 amide bonds. The first-order chi connectivity index (χ1) is 8.50. The van der Waals surface area contributed by atoms with E-state index in [9.17, 15) is 4.79 Å². The Morgan fingerprint density at radius 3 is 2.61 bits per heavy atom. The zero-order valence-electron chi connectivity index (χ0n) is 9.96. The maximum Gasteiger partial charge on any atom is 0.375 e. The number of rotatable bonds is 3. The van der Waals surface area contributed by atoms with Gasteiger partial charge in [0.15, 0.2) is 0 Å². The Hall–Kier alpha value is -1.44. The fraction of sp³-hybridized carbons (Fsp3) is 0.250. The largest absolute Gasteiger partial charge is 0.475 e. The van der Waals surface area contributed by atoms with Crippen molar-refractivity contribution in [3.05, 3.63) is 39.5 Å². The van der Waals surface area contributed by atoms with Crippen molar-refractivity contribution in [1.82, 2.24) is 14.8 Å². The second-order valence-corrected chi connectivity index (χ2v) is 5.28. The first-order valence-electron chi connectivity index (χ1n) is 5.46. The summed E-state index contributed by atoms with van der Waals surface area (Å²) in [4.78, 5) is 15.0. The molecular weight excluding hydrogens is 345 g/mol. The van der Waals surface area contributed by atoms with Crippen LogP contribution in [0.1, 0.15) is 36.2 Å². The summed E-state index contributed by atoms with van der Waals surface area (Å²) in [6.45, 7) is 3.92. The van der Waals surface area contributed by atoms with Gasteiger partial charge in [0, 0.05) is 9.49 Å². The lowest BCUT2D eigenvalue weighted by atomic mass is 10.2. The Morgan fingerprint density at radius 1 is 1.39 bits per heavy atom. The first kappa shape index (κ1) is 13.0. The van der Waals surface area contributed by atoms with Gasteiger partial charge in [-0.1, -0.05) is 26.0 Å². The second-order valence-electron chi connectivity index (χ2n) is 4.12. The highest BCUT2D eigenvalue weighted by Crippen LogP contribution is 2.21. The molecule has 0 aliphatic rings. The molecule has 6 heteroatoms. The fourth-order valence-corrected chi connectivity index (χ4v) is 2.21. The van der Waals surface area contributed by atoms with E-state index in [-0.39, 0.29) is 11.7 Å². The van der Waals surface area contributed by atoms with Crippen molar-refractivity contribution < 1.29 is 9.90 Å². The number of carboxylic acids is 1. The molecule has 5 nitrogen and oxygen atoms in total. The number of nitrogens with zero attached hydrogens (tertiary/aromatic N) is 3. The number of hydrogen-bond donors (Lipinski definition) is 1. The average Bonchev–Trinajstić information content (AvgIpc) is 2.74. The minimum atomic E-state index is -1.11. The fourth-order valence-electron chi connectivity index (χ4n) is 1.59. The van der Waals surface area contributed by atoms with Gasteiger partial charge in [0.25, 0.3) is 5.82 Å². The van der Waals surface area contributed by atoms with Gasteiger partial charge in [-0.3, -0.25) is 0 Å². The van der Waals surface area contributed by atoms with E-state index in [0.717, 1.165) is 9.26 Å². The topological polar surface area (TPSA) is 68.0 Å². The minimum absolute atomic E-state index is 0.0987. The molecule has 0 bridgehead atoms. The minimum Gasteiger partial charge on any atom is -0.475 e. The van der Waals surface area contributed by atoms with Gasteiger partial charge >= 0.3 is 5.97 Å². The number of para-hydroxylation sites is 1. The van der Waals surface area contributed by atoms with E-state index >= 15 is 0 Å². The third-order valence-electron chi connectivity index (χ3n) is 2.42. The average molecular weight is 357 g/mol. The van der Waals surface area contributed by atoms with Crippen LogP contribution in [0.25, 0.3) is 5.69 Å². The van der Waals surface area contributed by atoms with Crippen LogP contribution in [0.15, 0.2) is 24.3 Å².